The molecule has 0 unspecified atom stereocenters. The maximum atomic E-state index is 12.4. The van der Waals surface area contributed by atoms with Crippen LogP contribution >= 0.6 is 23.2 Å². The maximum Gasteiger partial charge on any atom is 0.262 e. The second kappa shape index (κ2) is 14.7. The fourth-order valence-corrected chi connectivity index (χ4v) is 3.68. The number of hydrogen-bond donors (Lipinski definition) is 2. The highest BCUT2D eigenvalue weighted by Crippen LogP contribution is 2.26. The largest absolute Gasteiger partial charge is 0.488 e. The van der Waals surface area contributed by atoms with E-state index in [0.717, 1.165) is 0 Å². The van der Waals surface area contributed by atoms with E-state index in [1.54, 1.807) is 97.1 Å². The van der Waals surface area contributed by atoms with E-state index in [1.165, 1.54) is 0 Å². The first-order valence-electron chi connectivity index (χ1n) is 12.3. The van der Waals surface area contributed by atoms with Gasteiger partial charge in [0.2, 0.25) is 0 Å². The van der Waals surface area contributed by atoms with Gasteiger partial charge in [-0.05, 0) is 72.8 Å². The number of rotatable bonds is 13. The fourth-order valence-electron chi connectivity index (χ4n) is 3.43. The number of hydrogen-bond acceptors (Lipinski definition) is 6. The summed E-state index contributed by atoms with van der Waals surface area (Å²) in [5.74, 6) is 1.34. The normalized spacial score (nSPS) is 10.3. The van der Waals surface area contributed by atoms with E-state index in [1.807, 2.05) is 0 Å². The van der Waals surface area contributed by atoms with E-state index in [4.69, 9.17) is 42.1 Å². The Balaban J connectivity index is 1.23. The van der Waals surface area contributed by atoms with E-state index >= 15 is 0 Å². The van der Waals surface area contributed by atoms with Crippen LogP contribution in [0.15, 0.2) is 97.1 Å². The smallest absolute Gasteiger partial charge is 0.262 e. The van der Waals surface area contributed by atoms with Gasteiger partial charge in [0.1, 0.15) is 36.2 Å². The lowest BCUT2D eigenvalue weighted by atomic mass is 10.3. The standard InChI is InChI=1S/C30H26Cl2N2O6/c31-21-9-13-23(14-10-21)39-19-29(35)33-25-5-1-3-7-27(25)37-17-18-38-28-8-4-2-6-26(28)34-30(36)20-40-24-15-11-22(32)12-16-24/h1-16H,17-20H2,(H,33,35)(H,34,36). The van der Waals surface area contributed by atoms with E-state index in [0.29, 0.717) is 44.4 Å². The summed E-state index contributed by atoms with van der Waals surface area (Å²) in [6, 6.07) is 27.6. The van der Waals surface area contributed by atoms with Crippen molar-refractivity contribution >= 4 is 46.4 Å². The minimum absolute atomic E-state index is 0.174. The molecule has 4 rings (SSSR count). The number of anilines is 2. The van der Waals surface area contributed by atoms with Gasteiger partial charge < -0.3 is 29.6 Å². The number of halogens is 2. The molecule has 40 heavy (non-hydrogen) atoms. The Morgan fingerprint density at radius 1 is 0.525 bits per heavy atom. The molecule has 2 amide bonds. The number of ether oxygens (including phenoxy) is 4. The molecule has 0 spiro atoms. The van der Waals surface area contributed by atoms with Crippen molar-refractivity contribution in [1.29, 1.82) is 0 Å². The first kappa shape index (κ1) is 28.6. The first-order chi connectivity index (χ1) is 19.5. The van der Waals surface area contributed by atoms with Gasteiger partial charge in [0.05, 0.1) is 11.4 Å². The van der Waals surface area contributed by atoms with Gasteiger partial charge >= 0.3 is 0 Å². The van der Waals surface area contributed by atoms with E-state index in [2.05, 4.69) is 10.6 Å². The minimum atomic E-state index is -0.341. The Labute approximate surface area is 241 Å². The summed E-state index contributed by atoms with van der Waals surface area (Å²) in [6.07, 6.45) is 0. The quantitative estimate of drug-likeness (QED) is 0.176. The van der Waals surface area contributed by atoms with Gasteiger partial charge in [0.25, 0.3) is 11.8 Å². The zero-order valence-corrected chi connectivity index (χ0v) is 22.8. The Kier molecular flexibility index (Phi) is 10.5. The molecule has 4 aromatic carbocycles. The molecule has 0 aromatic heterocycles. The zero-order chi connectivity index (χ0) is 28.2. The van der Waals surface area contributed by atoms with E-state index in [-0.39, 0.29) is 38.2 Å². The molecule has 0 aliphatic rings. The third-order valence-electron chi connectivity index (χ3n) is 5.29. The predicted octanol–water partition coefficient (Wildman–Crippen LogP) is 6.49. The first-order valence-corrected chi connectivity index (χ1v) is 13.0. The summed E-state index contributed by atoms with van der Waals surface area (Å²) >= 11 is 11.7. The summed E-state index contributed by atoms with van der Waals surface area (Å²) in [5.41, 5.74) is 1.00. The molecule has 8 nitrogen and oxygen atoms in total. The molecule has 0 aliphatic heterocycles. The lowest BCUT2D eigenvalue weighted by molar-refractivity contribution is -0.118. The van der Waals surface area contributed by atoms with Crippen LogP contribution in [-0.2, 0) is 9.59 Å². The van der Waals surface area contributed by atoms with Gasteiger partial charge in [-0.1, -0.05) is 47.5 Å². The van der Waals surface area contributed by atoms with Gasteiger partial charge in [-0.2, -0.15) is 0 Å². The van der Waals surface area contributed by atoms with E-state index < -0.39 is 0 Å². The lowest BCUT2D eigenvalue weighted by Gasteiger charge is -2.15. The summed E-state index contributed by atoms with van der Waals surface area (Å²) in [5, 5.41) is 6.74. The molecule has 0 radical (unpaired) electrons. The fraction of sp³-hybridized carbons (Fsp3) is 0.133. The molecule has 0 aliphatic carbocycles. The minimum Gasteiger partial charge on any atom is -0.488 e. The summed E-state index contributed by atoms with van der Waals surface area (Å²) in [6.45, 7) is 0.0326. The molecule has 206 valence electrons. The zero-order valence-electron chi connectivity index (χ0n) is 21.3. The van der Waals surface area contributed by atoms with Gasteiger partial charge in [-0.25, -0.2) is 0 Å². The van der Waals surface area contributed by atoms with Crippen molar-refractivity contribution in [2.45, 2.75) is 0 Å². The van der Waals surface area contributed by atoms with Crippen molar-refractivity contribution in [3.8, 4) is 23.0 Å². The molecule has 0 atom stereocenters. The van der Waals surface area contributed by atoms with Crippen molar-refractivity contribution in [2.75, 3.05) is 37.1 Å². The summed E-state index contributed by atoms with van der Waals surface area (Å²) in [7, 11) is 0. The molecule has 0 saturated carbocycles. The topological polar surface area (TPSA) is 95.1 Å². The third kappa shape index (κ3) is 9.11. The van der Waals surface area contributed by atoms with Gasteiger partial charge in [-0.15, -0.1) is 0 Å². The second-order valence-corrected chi connectivity index (χ2v) is 9.14. The monoisotopic (exact) mass is 580 g/mol. The van der Waals surface area contributed by atoms with Gasteiger partial charge in [0.15, 0.2) is 13.2 Å². The number of para-hydroxylation sites is 4. The van der Waals surface area contributed by atoms with Crippen molar-refractivity contribution < 1.29 is 28.5 Å². The molecule has 10 heteroatoms. The van der Waals surface area contributed by atoms with Crippen LogP contribution in [0.5, 0.6) is 23.0 Å². The molecule has 2 N–H and O–H groups in total. The van der Waals surface area contributed by atoms with Crippen LogP contribution in [0.2, 0.25) is 10.0 Å². The van der Waals surface area contributed by atoms with Crippen LogP contribution in [-0.4, -0.2) is 38.2 Å². The SMILES string of the molecule is O=C(COc1ccc(Cl)cc1)Nc1ccccc1OCCOc1ccccc1NC(=O)COc1ccc(Cl)cc1. The number of nitrogens with one attached hydrogen (secondary N) is 2. The van der Waals surface area contributed by atoms with Gasteiger partial charge in [-0.3, -0.25) is 9.59 Å². The number of benzene rings is 4. The number of carbonyl (C=O) groups excluding carboxylic acids is 2. The van der Waals surface area contributed by atoms with Gasteiger partial charge in [0, 0.05) is 10.0 Å². The lowest BCUT2D eigenvalue weighted by Crippen LogP contribution is -2.21. The van der Waals surface area contributed by atoms with Crippen molar-refractivity contribution in [3.05, 3.63) is 107 Å². The molecule has 0 heterocycles. The maximum absolute atomic E-state index is 12.4. The van der Waals surface area contributed by atoms with Crippen LogP contribution < -0.4 is 29.6 Å². The second-order valence-electron chi connectivity index (χ2n) is 8.27. The van der Waals surface area contributed by atoms with Crippen molar-refractivity contribution in [3.63, 3.8) is 0 Å². The van der Waals surface area contributed by atoms with Crippen LogP contribution in [0.3, 0.4) is 0 Å². The highest BCUT2D eigenvalue weighted by atomic mass is 35.5. The molecule has 0 saturated heterocycles. The van der Waals surface area contributed by atoms with Crippen molar-refractivity contribution in [2.24, 2.45) is 0 Å². The molecule has 4 aromatic rings. The molecular formula is C30H26Cl2N2O6. The highest BCUT2D eigenvalue weighted by molar-refractivity contribution is 6.30. The van der Waals surface area contributed by atoms with Crippen LogP contribution in [0, 0.1) is 0 Å². The highest BCUT2D eigenvalue weighted by Gasteiger charge is 2.11. The Morgan fingerprint density at radius 2 is 0.900 bits per heavy atom. The Morgan fingerprint density at radius 3 is 1.30 bits per heavy atom. The Bertz CT molecular complexity index is 1310. The van der Waals surface area contributed by atoms with Crippen LogP contribution in [0.1, 0.15) is 0 Å². The Hall–Kier alpha value is -4.40. The number of amides is 2. The third-order valence-corrected chi connectivity index (χ3v) is 5.79. The molecule has 0 bridgehead atoms. The average Bonchev–Trinajstić information content (AvgIpc) is 2.96. The molecule has 0 fully saturated rings. The predicted molar refractivity (Wildman–Crippen MR) is 155 cm³/mol. The molecular weight excluding hydrogens is 555 g/mol. The summed E-state index contributed by atoms with van der Waals surface area (Å²) in [4.78, 5) is 24.8. The van der Waals surface area contributed by atoms with Crippen LogP contribution in [0.4, 0.5) is 11.4 Å². The van der Waals surface area contributed by atoms with E-state index in [9.17, 15) is 9.59 Å². The summed E-state index contributed by atoms with van der Waals surface area (Å²) < 4.78 is 22.7. The van der Waals surface area contributed by atoms with Crippen molar-refractivity contribution in [1.82, 2.24) is 0 Å². The number of carbonyl (C=O) groups is 2. The van der Waals surface area contributed by atoms with Crippen LogP contribution in [0.25, 0.3) is 0 Å². The average molecular weight is 581 g/mol.